The van der Waals surface area contributed by atoms with Gasteiger partial charge < -0.3 is 26.6 Å². The topological polar surface area (TPSA) is 112 Å². The van der Waals surface area contributed by atoms with Crippen molar-refractivity contribution >= 4 is 17.8 Å². The van der Waals surface area contributed by atoms with Gasteiger partial charge in [-0.1, -0.05) is 0 Å². The summed E-state index contributed by atoms with van der Waals surface area (Å²) in [5, 5.41) is 9.34. The molecule has 0 radical (unpaired) electrons. The van der Waals surface area contributed by atoms with E-state index in [1.807, 2.05) is 27.7 Å². The molecule has 0 spiro atoms. The first kappa shape index (κ1) is 23.2. The van der Waals surface area contributed by atoms with Gasteiger partial charge in [-0.2, -0.15) is 0 Å². The maximum atomic E-state index is 11.9. The summed E-state index contributed by atoms with van der Waals surface area (Å²) in [7, 11) is 0. The summed E-state index contributed by atoms with van der Waals surface area (Å²) in [5.74, 6) is 0.477. The van der Waals surface area contributed by atoms with Crippen LogP contribution in [0.25, 0.3) is 0 Å². The number of carbonyl (C=O) groups excluding carboxylic acids is 2. The van der Waals surface area contributed by atoms with Crippen LogP contribution < -0.4 is 21.7 Å². The number of piperidine rings is 1. The number of aliphatic imine (C=N–C) groups is 1. The lowest BCUT2D eigenvalue weighted by Crippen LogP contribution is -2.43. The van der Waals surface area contributed by atoms with E-state index in [1.165, 1.54) is 0 Å². The molecule has 0 aromatic heterocycles. The van der Waals surface area contributed by atoms with Crippen LogP contribution in [-0.2, 0) is 9.59 Å². The Labute approximate surface area is 163 Å². The third-order valence-electron chi connectivity index (χ3n) is 4.42. The quantitative estimate of drug-likeness (QED) is 0.263. The lowest BCUT2D eigenvalue weighted by molar-refractivity contribution is -0.123. The van der Waals surface area contributed by atoms with Crippen LogP contribution >= 0.6 is 0 Å². The Morgan fingerprint density at radius 2 is 1.81 bits per heavy atom. The van der Waals surface area contributed by atoms with E-state index in [4.69, 9.17) is 5.73 Å². The highest BCUT2D eigenvalue weighted by Crippen LogP contribution is 2.16. The minimum atomic E-state index is -0.246. The number of nitrogens with two attached hydrogens (primary N) is 1. The van der Waals surface area contributed by atoms with Crippen molar-refractivity contribution < 1.29 is 9.59 Å². The van der Waals surface area contributed by atoms with Gasteiger partial charge in [0.25, 0.3) is 0 Å². The first-order valence-corrected chi connectivity index (χ1v) is 10.1. The molecule has 0 aliphatic carbocycles. The van der Waals surface area contributed by atoms with Crippen LogP contribution in [0, 0.1) is 5.92 Å². The fourth-order valence-electron chi connectivity index (χ4n) is 3.06. The molecule has 0 aromatic carbocycles. The van der Waals surface area contributed by atoms with Crippen molar-refractivity contribution in [3.8, 4) is 0 Å². The Balaban J connectivity index is 2.22. The van der Waals surface area contributed by atoms with E-state index < -0.39 is 0 Å². The first-order valence-electron chi connectivity index (χ1n) is 10.1. The van der Waals surface area contributed by atoms with Crippen molar-refractivity contribution in [3.63, 3.8) is 0 Å². The second kappa shape index (κ2) is 11.8. The fraction of sp³-hybridized carbons (Fsp3) is 0.842. The molecule has 1 aliphatic rings. The van der Waals surface area contributed by atoms with Crippen molar-refractivity contribution in [2.45, 2.75) is 58.9 Å². The number of unbranched alkanes of at least 4 members (excludes halogenated alkanes) is 1. The standard InChI is InChI=1S/C19H38N6O2/c1-5-21-18(23-14-16(26)24-19(2,3)4)22-10-6-7-11-25-12-8-15(9-13-25)17(20)27/h15H,5-14H2,1-4H3,(H2,20,27)(H,24,26)(H2,21,22,23). The minimum Gasteiger partial charge on any atom is -0.369 e. The number of nitrogens with one attached hydrogen (secondary N) is 3. The van der Waals surface area contributed by atoms with Gasteiger partial charge in [0.15, 0.2) is 5.96 Å². The molecule has 0 bridgehead atoms. The number of carbonyl (C=O) groups is 2. The average Bonchev–Trinajstić information content (AvgIpc) is 2.58. The molecule has 1 heterocycles. The van der Waals surface area contributed by atoms with Crippen LogP contribution in [0.2, 0.25) is 0 Å². The molecule has 1 saturated heterocycles. The van der Waals surface area contributed by atoms with Crippen molar-refractivity contribution in [2.75, 3.05) is 39.3 Å². The molecule has 0 saturated carbocycles. The van der Waals surface area contributed by atoms with Crippen LogP contribution in [0.3, 0.4) is 0 Å². The molecule has 2 amide bonds. The van der Waals surface area contributed by atoms with E-state index in [1.54, 1.807) is 0 Å². The van der Waals surface area contributed by atoms with Gasteiger partial charge in [-0.15, -0.1) is 0 Å². The average molecular weight is 383 g/mol. The van der Waals surface area contributed by atoms with Crippen molar-refractivity contribution in [2.24, 2.45) is 16.6 Å². The zero-order chi connectivity index (χ0) is 20.3. The molecule has 156 valence electrons. The molecule has 0 atom stereocenters. The molecule has 1 fully saturated rings. The summed E-state index contributed by atoms with van der Waals surface area (Å²) in [6.45, 7) is 12.5. The van der Waals surface area contributed by atoms with Crippen molar-refractivity contribution in [1.29, 1.82) is 0 Å². The number of likely N-dealkylation sites (tertiary alicyclic amines) is 1. The van der Waals surface area contributed by atoms with Gasteiger partial charge in [-0.05, 0) is 73.0 Å². The summed E-state index contributed by atoms with van der Waals surface area (Å²) < 4.78 is 0. The van der Waals surface area contributed by atoms with Crippen LogP contribution in [0.4, 0.5) is 0 Å². The van der Waals surface area contributed by atoms with Crippen LogP contribution in [0.15, 0.2) is 4.99 Å². The summed E-state index contributed by atoms with van der Waals surface area (Å²) in [5.41, 5.74) is 5.12. The normalized spacial score (nSPS) is 16.8. The summed E-state index contributed by atoms with van der Waals surface area (Å²) in [6, 6.07) is 0. The number of hydrogen-bond donors (Lipinski definition) is 4. The molecule has 27 heavy (non-hydrogen) atoms. The number of hydrogen-bond acceptors (Lipinski definition) is 4. The lowest BCUT2D eigenvalue weighted by atomic mass is 9.96. The van der Waals surface area contributed by atoms with Crippen molar-refractivity contribution in [3.05, 3.63) is 0 Å². The molecule has 0 unspecified atom stereocenters. The number of primary amides is 1. The monoisotopic (exact) mass is 382 g/mol. The number of rotatable bonds is 9. The fourth-order valence-corrected chi connectivity index (χ4v) is 3.06. The first-order chi connectivity index (χ1) is 12.7. The summed E-state index contributed by atoms with van der Waals surface area (Å²) >= 11 is 0. The Kier molecular flexibility index (Phi) is 10.1. The van der Waals surface area contributed by atoms with Crippen molar-refractivity contribution in [1.82, 2.24) is 20.9 Å². The summed E-state index contributed by atoms with van der Waals surface area (Å²) in [4.78, 5) is 29.8. The second-order valence-electron chi connectivity index (χ2n) is 8.15. The molecule has 8 heteroatoms. The molecule has 8 nitrogen and oxygen atoms in total. The third-order valence-corrected chi connectivity index (χ3v) is 4.42. The van der Waals surface area contributed by atoms with Gasteiger partial charge in [0.1, 0.15) is 6.54 Å². The van der Waals surface area contributed by atoms with E-state index in [0.717, 1.165) is 58.4 Å². The highest BCUT2D eigenvalue weighted by Gasteiger charge is 2.22. The van der Waals surface area contributed by atoms with E-state index in [2.05, 4.69) is 25.8 Å². The van der Waals surface area contributed by atoms with E-state index in [-0.39, 0.29) is 29.8 Å². The largest absolute Gasteiger partial charge is 0.369 e. The molecule has 5 N–H and O–H groups in total. The van der Waals surface area contributed by atoms with Gasteiger partial charge in [0.2, 0.25) is 11.8 Å². The second-order valence-corrected chi connectivity index (χ2v) is 8.15. The Morgan fingerprint density at radius 1 is 1.15 bits per heavy atom. The lowest BCUT2D eigenvalue weighted by Gasteiger charge is -2.30. The highest BCUT2D eigenvalue weighted by molar-refractivity contribution is 5.85. The zero-order valence-corrected chi connectivity index (χ0v) is 17.4. The van der Waals surface area contributed by atoms with Gasteiger partial charge >= 0.3 is 0 Å². The Morgan fingerprint density at radius 3 is 2.37 bits per heavy atom. The zero-order valence-electron chi connectivity index (χ0n) is 17.4. The van der Waals surface area contributed by atoms with E-state index in [9.17, 15) is 9.59 Å². The van der Waals surface area contributed by atoms with Gasteiger partial charge in [-0.3, -0.25) is 9.59 Å². The van der Waals surface area contributed by atoms with Gasteiger partial charge in [-0.25, -0.2) is 4.99 Å². The van der Waals surface area contributed by atoms with Crippen LogP contribution in [-0.4, -0.2) is 67.5 Å². The predicted molar refractivity (Wildman–Crippen MR) is 109 cm³/mol. The number of nitrogens with zero attached hydrogens (tertiary/aromatic N) is 2. The molecule has 1 aliphatic heterocycles. The molecular formula is C19H38N6O2. The maximum absolute atomic E-state index is 11.9. The Bertz CT molecular complexity index is 493. The smallest absolute Gasteiger partial charge is 0.242 e. The Hall–Kier alpha value is -1.83. The number of amides is 2. The predicted octanol–water partition coefficient (Wildman–Crippen LogP) is 0.434. The van der Waals surface area contributed by atoms with Crippen LogP contribution in [0.5, 0.6) is 0 Å². The van der Waals surface area contributed by atoms with Gasteiger partial charge in [0.05, 0.1) is 0 Å². The number of guanidine groups is 1. The third kappa shape index (κ3) is 10.8. The van der Waals surface area contributed by atoms with E-state index >= 15 is 0 Å². The molecular weight excluding hydrogens is 344 g/mol. The molecule has 0 aromatic rings. The van der Waals surface area contributed by atoms with E-state index in [0.29, 0.717) is 5.96 Å². The SMILES string of the molecule is CCNC(=NCC(=O)NC(C)(C)C)NCCCCN1CCC(C(N)=O)CC1. The van der Waals surface area contributed by atoms with Gasteiger partial charge in [0, 0.05) is 24.5 Å². The highest BCUT2D eigenvalue weighted by atomic mass is 16.2. The summed E-state index contributed by atoms with van der Waals surface area (Å²) in [6.07, 6.45) is 3.86. The van der Waals surface area contributed by atoms with Crippen LogP contribution in [0.1, 0.15) is 53.4 Å². The molecule has 1 rings (SSSR count). The minimum absolute atomic E-state index is 0.0530. The maximum Gasteiger partial charge on any atom is 0.242 e.